The number of hydrogen-bond donors (Lipinski definition) is 1. The lowest BCUT2D eigenvalue weighted by Gasteiger charge is -2.02. The molecule has 0 heterocycles. The second-order valence-corrected chi connectivity index (χ2v) is 2.86. The molecule has 1 N–H and O–H groups in total. The van der Waals surface area contributed by atoms with E-state index >= 15 is 0 Å². The van der Waals surface area contributed by atoms with Gasteiger partial charge < -0.3 is 5.11 Å². The summed E-state index contributed by atoms with van der Waals surface area (Å²) in [6, 6.07) is 3.99. The van der Waals surface area contributed by atoms with Gasteiger partial charge in [0.2, 0.25) is 0 Å². The van der Waals surface area contributed by atoms with Crippen LogP contribution in [-0.2, 0) is 0 Å². The maximum atomic E-state index is 10.8. The first-order valence-corrected chi connectivity index (χ1v) is 3.89. The quantitative estimate of drug-likeness (QED) is 0.582. The molecule has 0 atom stereocenters. The molecule has 6 heteroatoms. The topological polar surface area (TPSA) is 104 Å². The minimum atomic E-state index is -1.37. The Hall–Kier alpha value is -2.42. The highest BCUT2D eigenvalue weighted by atomic mass is 16.6. The highest BCUT2D eigenvalue weighted by Gasteiger charge is 2.23. The smallest absolute Gasteiger partial charge is 0.343 e. The molecule has 1 rings (SSSR count). The largest absolute Gasteiger partial charge is 0.477 e. The summed E-state index contributed by atoms with van der Waals surface area (Å²) >= 11 is 0. The fourth-order valence-corrected chi connectivity index (χ4v) is 1.26. The van der Waals surface area contributed by atoms with E-state index in [1.165, 1.54) is 13.0 Å². The number of nitrogens with zero attached hydrogens (tertiary/aromatic N) is 2. The van der Waals surface area contributed by atoms with Crippen LogP contribution in [0.15, 0.2) is 12.1 Å². The van der Waals surface area contributed by atoms with Crippen molar-refractivity contribution in [1.29, 1.82) is 5.26 Å². The molecule has 1 aromatic rings. The Labute approximate surface area is 84.5 Å². The van der Waals surface area contributed by atoms with Crippen molar-refractivity contribution in [3.63, 3.8) is 0 Å². The summed E-state index contributed by atoms with van der Waals surface area (Å²) in [4.78, 5) is 20.5. The summed E-state index contributed by atoms with van der Waals surface area (Å²) in [6.07, 6.45) is 0. The maximum Gasteiger partial charge on any atom is 0.343 e. The Bertz CT molecular complexity index is 488. The first kappa shape index (κ1) is 10.7. The monoisotopic (exact) mass is 206 g/mol. The summed E-state index contributed by atoms with van der Waals surface area (Å²) in [5, 5.41) is 27.9. The van der Waals surface area contributed by atoms with Gasteiger partial charge in [0.05, 0.1) is 16.6 Å². The van der Waals surface area contributed by atoms with E-state index in [-0.39, 0.29) is 16.7 Å². The Morgan fingerprint density at radius 1 is 1.60 bits per heavy atom. The second kappa shape index (κ2) is 3.75. The molecule has 0 radical (unpaired) electrons. The van der Waals surface area contributed by atoms with E-state index in [0.29, 0.717) is 0 Å². The van der Waals surface area contributed by atoms with E-state index in [1.807, 2.05) is 0 Å². The Morgan fingerprint density at radius 3 is 2.60 bits per heavy atom. The minimum Gasteiger partial charge on any atom is -0.477 e. The molecule has 0 unspecified atom stereocenters. The fourth-order valence-electron chi connectivity index (χ4n) is 1.26. The first-order valence-electron chi connectivity index (χ1n) is 3.89. The molecule has 76 valence electrons. The third-order valence-electron chi connectivity index (χ3n) is 1.85. The number of nitro groups is 1. The van der Waals surface area contributed by atoms with Gasteiger partial charge in [-0.25, -0.2) is 4.79 Å². The van der Waals surface area contributed by atoms with Crippen LogP contribution in [0.4, 0.5) is 5.69 Å². The molecule has 0 bridgehead atoms. The van der Waals surface area contributed by atoms with Gasteiger partial charge in [-0.05, 0) is 18.6 Å². The second-order valence-electron chi connectivity index (χ2n) is 2.86. The van der Waals surface area contributed by atoms with Crippen LogP contribution in [0, 0.1) is 28.4 Å². The average Bonchev–Trinajstić information content (AvgIpc) is 2.15. The average molecular weight is 206 g/mol. The van der Waals surface area contributed by atoms with Crippen molar-refractivity contribution in [1.82, 2.24) is 0 Å². The van der Waals surface area contributed by atoms with E-state index in [0.717, 1.165) is 6.07 Å². The molecule has 0 aromatic heterocycles. The number of aromatic carboxylic acids is 1. The fraction of sp³-hybridized carbons (Fsp3) is 0.111. The maximum absolute atomic E-state index is 10.8. The van der Waals surface area contributed by atoms with Crippen LogP contribution in [0.1, 0.15) is 21.5 Å². The van der Waals surface area contributed by atoms with Gasteiger partial charge in [0, 0.05) is 6.07 Å². The van der Waals surface area contributed by atoms with E-state index in [1.54, 1.807) is 6.07 Å². The zero-order valence-corrected chi connectivity index (χ0v) is 7.72. The van der Waals surface area contributed by atoms with Crippen molar-refractivity contribution in [2.45, 2.75) is 6.92 Å². The predicted octanol–water partition coefficient (Wildman–Crippen LogP) is 1.47. The number of benzene rings is 1. The van der Waals surface area contributed by atoms with Gasteiger partial charge in [0.1, 0.15) is 5.56 Å². The van der Waals surface area contributed by atoms with Crippen molar-refractivity contribution in [3.05, 3.63) is 38.9 Å². The highest BCUT2D eigenvalue weighted by Crippen LogP contribution is 2.23. The summed E-state index contributed by atoms with van der Waals surface area (Å²) in [7, 11) is 0. The number of carboxylic acid groups (broad SMARTS) is 1. The molecule has 0 amide bonds. The number of carboxylic acids is 1. The lowest BCUT2D eigenvalue weighted by molar-refractivity contribution is -0.385. The van der Waals surface area contributed by atoms with E-state index in [9.17, 15) is 14.9 Å². The molecule has 0 aliphatic rings. The molecule has 0 aliphatic carbocycles. The number of nitro benzene ring substituents is 1. The van der Waals surface area contributed by atoms with Crippen molar-refractivity contribution in [2.24, 2.45) is 0 Å². The van der Waals surface area contributed by atoms with Gasteiger partial charge in [0.15, 0.2) is 0 Å². The van der Waals surface area contributed by atoms with Gasteiger partial charge in [0.25, 0.3) is 5.69 Å². The molecule has 0 fully saturated rings. The molecular weight excluding hydrogens is 200 g/mol. The molecule has 0 saturated heterocycles. The third-order valence-corrected chi connectivity index (χ3v) is 1.85. The van der Waals surface area contributed by atoms with Gasteiger partial charge in [-0.1, -0.05) is 0 Å². The molecule has 0 spiro atoms. The SMILES string of the molecule is Cc1cc(C#N)cc([N+](=O)[O-])c1C(=O)O. The lowest BCUT2D eigenvalue weighted by Crippen LogP contribution is -2.05. The number of aryl methyl sites for hydroxylation is 1. The predicted molar refractivity (Wildman–Crippen MR) is 49.5 cm³/mol. The van der Waals surface area contributed by atoms with Crippen LogP contribution < -0.4 is 0 Å². The summed E-state index contributed by atoms with van der Waals surface area (Å²) in [5.74, 6) is -1.37. The number of hydrogen-bond acceptors (Lipinski definition) is 4. The lowest BCUT2D eigenvalue weighted by atomic mass is 10.0. The van der Waals surface area contributed by atoms with Crippen LogP contribution in [0.3, 0.4) is 0 Å². The normalized spacial score (nSPS) is 9.33. The van der Waals surface area contributed by atoms with Crippen LogP contribution >= 0.6 is 0 Å². The van der Waals surface area contributed by atoms with E-state index in [2.05, 4.69) is 0 Å². The summed E-state index contributed by atoms with van der Waals surface area (Å²) in [5.41, 5.74) is -0.657. The standard InChI is InChI=1S/C9H6N2O4/c1-5-2-6(4-10)3-7(11(14)15)8(5)9(12)13/h2-3H,1H3,(H,12,13). The molecule has 1 aromatic carbocycles. The third kappa shape index (κ3) is 1.91. The van der Waals surface area contributed by atoms with Gasteiger partial charge in [-0.3, -0.25) is 10.1 Å². The zero-order chi connectivity index (χ0) is 11.6. The molecule has 15 heavy (non-hydrogen) atoms. The summed E-state index contributed by atoms with van der Waals surface area (Å²) < 4.78 is 0. The highest BCUT2D eigenvalue weighted by molar-refractivity contribution is 5.94. The van der Waals surface area contributed by atoms with Crippen LogP contribution in [-0.4, -0.2) is 16.0 Å². The van der Waals surface area contributed by atoms with E-state index < -0.39 is 16.6 Å². The van der Waals surface area contributed by atoms with Gasteiger partial charge in [-0.15, -0.1) is 0 Å². The Morgan fingerprint density at radius 2 is 2.20 bits per heavy atom. The molecule has 6 nitrogen and oxygen atoms in total. The van der Waals surface area contributed by atoms with Crippen molar-refractivity contribution in [2.75, 3.05) is 0 Å². The number of carbonyl (C=O) groups is 1. The van der Waals surface area contributed by atoms with Crippen molar-refractivity contribution < 1.29 is 14.8 Å². The van der Waals surface area contributed by atoms with Crippen LogP contribution in [0.5, 0.6) is 0 Å². The van der Waals surface area contributed by atoms with Crippen molar-refractivity contribution >= 4 is 11.7 Å². The Balaban J connectivity index is 3.58. The van der Waals surface area contributed by atoms with Gasteiger partial charge in [-0.2, -0.15) is 5.26 Å². The van der Waals surface area contributed by atoms with Gasteiger partial charge >= 0.3 is 5.97 Å². The van der Waals surface area contributed by atoms with E-state index in [4.69, 9.17) is 10.4 Å². The molecular formula is C9H6N2O4. The van der Waals surface area contributed by atoms with Crippen molar-refractivity contribution in [3.8, 4) is 6.07 Å². The summed E-state index contributed by atoms with van der Waals surface area (Å²) in [6.45, 7) is 1.41. The molecule has 0 aliphatic heterocycles. The van der Waals surface area contributed by atoms with Crippen LogP contribution in [0.2, 0.25) is 0 Å². The Kier molecular flexibility index (Phi) is 2.67. The zero-order valence-electron chi connectivity index (χ0n) is 7.72. The number of rotatable bonds is 2. The number of nitriles is 1. The molecule has 0 saturated carbocycles. The van der Waals surface area contributed by atoms with Crippen LogP contribution in [0.25, 0.3) is 0 Å². The first-order chi connectivity index (χ1) is 6.97. The minimum absolute atomic E-state index is 0.0733.